The first kappa shape index (κ1) is 17.9. The molecule has 1 aromatic heterocycles. The van der Waals surface area contributed by atoms with Gasteiger partial charge in [-0.1, -0.05) is 30.3 Å². The van der Waals surface area contributed by atoms with Gasteiger partial charge in [0.05, 0.1) is 17.6 Å². The van der Waals surface area contributed by atoms with Crippen molar-refractivity contribution in [3.63, 3.8) is 0 Å². The molecule has 0 bridgehead atoms. The minimum atomic E-state index is -3.48. The summed E-state index contributed by atoms with van der Waals surface area (Å²) in [4.78, 5) is 4.11. The van der Waals surface area contributed by atoms with E-state index in [-0.39, 0.29) is 17.4 Å². The third kappa shape index (κ3) is 5.29. The number of benzene rings is 2. The lowest BCUT2D eigenvalue weighted by atomic mass is 10.2. The number of rotatable bonds is 7. The van der Waals surface area contributed by atoms with Gasteiger partial charge in [-0.15, -0.1) is 0 Å². The molecule has 0 aliphatic rings. The SMILES string of the molecule is O=S(=O)(CCc1ccccc1)Nc1ccc(Nc2ccc(F)cc2)cn1. The van der Waals surface area contributed by atoms with Crippen molar-refractivity contribution >= 4 is 27.2 Å². The van der Waals surface area contributed by atoms with Gasteiger partial charge in [0.15, 0.2) is 0 Å². The zero-order valence-corrected chi connectivity index (χ0v) is 14.7. The van der Waals surface area contributed by atoms with Gasteiger partial charge in [0, 0.05) is 5.69 Å². The summed E-state index contributed by atoms with van der Waals surface area (Å²) in [7, 11) is -3.48. The number of nitrogens with one attached hydrogen (secondary N) is 2. The summed E-state index contributed by atoms with van der Waals surface area (Å²) in [5.41, 5.74) is 2.35. The van der Waals surface area contributed by atoms with E-state index in [0.717, 1.165) is 5.56 Å². The van der Waals surface area contributed by atoms with E-state index in [1.807, 2.05) is 30.3 Å². The quantitative estimate of drug-likeness (QED) is 0.660. The van der Waals surface area contributed by atoms with Crippen LogP contribution >= 0.6 is 0 Å². The van der Waals surface area contributed by atoms with Crippen molar-refractivity contribution in [1.29, 1.82) is 0 Å². The molecular formula is C19H18FN3O2S. The topological polar surface area (TPSA) is 71.1 Å². The van der Waals surface area contributed by atoms with Gasteiger partial charge in [-0.3, -0.25) is 4.72 Å². The second-order valence-corrected chi connectivity index (χ2v) is 7.56. The molecule has 26 heavy (non-hydrogen) atoms. The molecule has 0 amide bonds. The predicted octanol–water partition coefficient (Wildman–Crippen LogP) is 3.95. The van der Waals surface area contributed by atoms with Crippen LogP contribution in [0.15, 0.2) is 72.9 Å². The summed E-state index contributed by atoms with van der Waals surface area (Å²) in [5.74, 6) is -0.0782. The number of hydrogen-bond acceptors (Lipinski definition) is 4. The maximum atomic E-state index is 12.9. The summed E-state index contributed by atoms with van der Waals surface area (Å²) in [6, 6.07) is 18.6. The first-order valence-corrected chi connectivity index (χ1v) is 9.68. The van der Waals surface area contributed by atoms with Crippen LogP contribution in [-0.2, 0) is 16.4 Å². The molecular weight excluding hydrogens is 353 g/mol. The highest BCUT2D eigenvalue weighted by molar-refractivity contribution is 7.92. The molecule has 7 heteroatoms. The van der Waals surface area contributed by atoms with Crippen LogP contribution in [0.2, 0.25) is 0 Å². The average molecular weight is 371 g/mol. The van der Waals surface area contributed by atoms with Gasteiger partial charge in [0.1, 0.15) is 11.6 Å². The molecule has 3 aromatic rings. The molecule has 0 saturated carbocycles. The van der Waals surface area contributed by atoms with E-state index >= 15 is 0 Å². The van der Waals surface area contributed by atoms with Gasteiger partial charge >= 0.3 is 0 Å². The van der Waals surface area contributed by atoms with Gasteiger partial charge < -0.3 is 5.32 Å². The van der Waals surface area contributed by atoms with Crippen LogP contribution in [0.5, 0.6) is 0 Å². The fourth-order valence-electron chi connectivity index (χ4n) is 2.34. The number of aryl methyl sites for hydroxylation is 1. The van der Waals surface area contributed by atoms with E-state index in [1.54, 1.807) is 24.3 Å². The zero-order valence-electron chi connectivity index (χ0n) is 13.9. The summed E-state index contributed by atoms with van der Waals surface area (Å²) in [6.07, 6.45) is 1.94. The Balaban J connectivity index is 1.58. The van der Waals surface area contributed by atoms with Crippen molar-refractivity contribution in [2.24, 2.45) is 0 Å². The first-order chi connectivity index (χ1) is 12.5. The summed E-state index contributed by atoms with van der Waals surface area (Å²) < 4.78 is 39.7. The number of hydrogen-bond donors (Lipinski definition) is 2. The van der Waals surface area contributed by atoms with Crippen LogP contribution in [-0.4, -0.2) is 19.2 Å². The number of nitrogens with zero attached hydrogens (tertiary/aromatic N) is 1. The van der Waals surface area contributed by atoms with Crippen molar-refractivity contribution in [3.05, 3.63) is 84.3 Å². The highest BCUT2D eigenvalue weighted by atomic mass is 32.2. The van der Waals surface area contributed by atoms with Crippen LogP contribution in [0.1, 0.15) is 5.56 Å². The smallest absolute Gasteiger partial charge is 0.234 e. The number of halogens is 1. The van der Waals surface area contributed by atoms with E-state index in [9.17, 15) is 12.8 Å². The summed E-state index contributed by atoms with van der Waals surface area (Å²) in [5, 5.41) is 3.06. The Hall–Kier alpha value is -2.93. The molecule has 0 radical (unpaired) electrons. The number of aromatic nitrogens is 1. The molecule has 0 fully saturated rings. The molecule has 0 atom stereocenters. The Labute approximate surface area is 152 Å². The van der Waals surface area contributed by atoms with Crippen LogP contribution in [0.3, 0.4) is 0 Å². The van der Waals surface area contributed by atoms with E-state index in [0.29, 0.717) is 17.8 Å². The summed E-state index contributed by atoms with van der Waals surface area (Å²) >= 11 is 0. The predicted molar refractivity (Wildman–Crippen MR) is 101 cm³/mol. The van der Waals surface area contributed by atoms with Crippen molar-refractivity contribution in [2.75, 3.05) is 15.8 Å². The Morgan fingerprint density at radius 1 is 0.885 bits per heavy atom. The van der Waals surface area contributed by atoms with Gasteiger partial charge in [-0.25, -0.2) is 17.8 Å². The zero-order chi connectivity index (χ0) is 18.4. The Bertz CT molecular complexity index is 944. The highest BCUT2D eigenvalue weighted by Gasteiger charge is 2.11. The van der Waals surface area contributed by atoms with Gasteiger partial charge in [0.25, 0.3) is 0 Å². The fraction of sp³-hybridized carbons (Fsp3) is 0.105. The normalized spacial score (nSPS) is 11.1. The third-order valence-electron chi connectivity index (χ3n) is 3.66. The molecule has 0 unspecified atom stereocenters. The largest absolute Gasteiger partial charge is 0.354 e. The van der Waals surface area contributed by atoms with E-state index in [1.165, 1.54) is 18.3 Å². The Kier molecular flexibility index (Phi) is 5.48. The Morgan fingerprint density at radius 2 is 1.58 bits per heavy atom. The van der Waals surface area contributed by atoms with Crippen molar-refractivity contribution in [3.8, 4) is 0 Å². The first-order valence-electron chi connectivity index (χ1n) is 8.03. The van der Waals surface area contributed by atoms with Crippen molar-refractivity contribution < 1.29 is 12.8 Å². The summed E-state index contributed by atoms with van der Waals surface area (Å²) in [6.45, 7) is 0. The highest BCUT2D eigenvalue weighted by Crippen LogP contribution is 2.18. The van der Waals surface area contributed by atoms with Crippen molar-refractivity contribution in [1.82, 2.24) is 4.98 Å². The van der Waals surface area contributed by atoms with Crippen molar-refractivity contribution in [2.45, 2.75) is 6.42 Å². The van der Waals surface area contributed by atoms with Crippen LogP contribution < -0.4 is 10.0 Å². The third-order valence-corrected chi connectivity index (χ3v) is 4.92. The lowest BCUT2D eigenvalue weighted by Gasteiger charge is -2.09. The monoisotopic (exact) mass is 371 g/mol. The number of pyridine rings is 1. The lowest BCUT2D eigenvalue weighted by molar-refractivity contribution is 0.600. The van der Waals surface area contributed by atoms with Crippen LogP contribution in [0, 0.1) is 5.82 Å². The minimum absolute atomic E-state index is 0.0196. The molecule has 134 valence electrons. The molecule has 2 aromatic carbocycles. The van der Waals surface area contributed by atoms with E-state index in [2.05, 4.69) is 15.0 Å². The van der Waals surface area contributed by atoms with Gasteiger partial charge in [-0.05, 0) is 48.4 Å². The fourth-order valence-corrected chi connectivity index (χ4v) is 3.38. The molecule has 3 rings (SSSR count). The maximum Gasteiger partial charge on any atom is 0.234 e. The second kappa shape index (κ2) is 7.97. The molecule has 0 aliphatic carbocycles. The van der Waals surface area contributed by atoms with Gasteiger partial charge in [0.2, 0.25) is 10.0 Å². The maximum absolute atomic E-state index is 12.9. The average Bonchev–Trinajstić information content (AvgIpc) is 2.64. The second-order valence-electron chi connectivity index (χ2n) is 5.72. The number of sulfonamides is 1. The molecule has 1 heterocycles. The Morgan fingerprint density at radius 3 is 2.23 bits per heavy atom. The minimum Gasteiger partial charge on any atom is -0.354 e. The lowest BCUT2D eigenvalue weighted by Crippen LogP contribution is -2.18. The molecule has 0 aliphatic heterocycles. The molecule has 0 spiro atoms. The standard InChI is InChI=1S/C19H18FN3O2S/c20-16-6-8-17(9-7-16)22-18-10-11-19(21-14-18)23-26(24,25)13-12-15-4-2-1-3-5-15/h1-11,14,22H,12-13H2,(H,21,23). The number of anilines is 3. The van der Waals surface area contributed by atoms with E-state index in [4.69, 9.17) is 0 Å². The van der Waals surface area contributed by atoms with E-state index < -0.39 is 10.0 Å². The molecule has 2 N–H and O–H groups in total. The van der Waals surface area contributed by atoms with Gasteiger partial charge in [-0.2, -0.15) is 0 Å². The molecule has 0 saturated heterocycles. The van der Waals surface area contributed by atoms with Crippen LogP contribution in [0.4, 0.5) is 21.6 Å². The van der Waals surface area contributed by atoms with Crippen LogP contribution in [0.25, 0.3) is 0 Å². The molecule has 5 nitrogen and oxygen atoms in total.